The average Bonchev–Trinajstić information content (AvgIpc) is 3.16. The van der Waals surface area contributed by atoms with E-state index in [2.05, 4.69) is 17.2 Å². The Hall–Kier alpha value is -1.58. The third-order valence-corrected chi connectivity index (χ3v) is 3.58. The molecule has 0 unspecified atom stereocenters. The van der Waals surface area contributed by atoms with Crippen LogP contribution in [0.2, 0.25) is 0 Å². The predicted molar refractivity (Wildman–Crippen MR) is 70.6 cm³/mol. The normalized spacial score (nSPS) is 16.1. The van der Waals surface area contributed by atoms with Gasteiger partial charge in [-0.3, -0.25) is 0 Å². The highest BCUT2D eigenvalue weighted by Crippen LogP contribution is 2.49. The van der Waals surface area contributed by atoms with E-state index in [4.69, 9.17) is 4.74 Å². The number of hydrogen-bond donors (Lipinski definition) is 1. The molecule has 1 aromatic heterocycles. The van der Waals surface area contributed by atoms with E-state index in [0.29, 0.717) is 16.8 Å². The molecule has 0 bridgehead atoms. The van der Waals surface area contributed by atoms with Gasteiger partial charge in [-0.05, 0) is 36.8 Å². The van der Waals surface area contributed by atoms with Gasteiger partial charge in [0.15, 0.2) is 0 Å². The van der Waals surface area contributed by atoms with E-state index < -0.39 is 0 Å². The lowest BCUT2D eigenvalue weighted by molar-refractivity contribution is 0.0601. The lowest BCUT2D eigenvalue weighted by atomic mass is 10.0. The van der Waals surface area contributed by atoms with Crippen molar-refractivity contribution in [1.82, 2.24) is 4.98 Å². The molecule has 0 saturated heterocycles. The van der Waals surface area contributed by atoms with Gasteiger partial charge in [0.25, 0.3) is 0 Å². The summed E-state index contributed by atoms with van der Waals surface area (Å²) in [6.45, 7) is 3.10. The minimum Gasteiger partial charge on any atom is -0.465 e. The Balaban J connectivity index is 2.03. The van der Waals surface area contributed by atoms with E-state index in [1.165, 1.54) is 32.8 Å². The van der Waals surface area contributed by atoms with Crippen LogP contribution >= 0.6 is 0 Å². The van der Waals surface area contributed by atoms with Gasteiger partial charge >= 0.3 is 5.97 Å². The minimum absolute atomic E-state index is 0.342. The van der Waals surface area contributed by atoms with Crippen LogP contribution in [0.3, 0.4) is 0 Å². The van der Waals surface area contributed by atoms with Gasteiger partial charge < -0.3 is 10.1 Å². The fourth-order valence-corrected chi connectivity index (χ4v) is 2.31. The zero-order chi connectivity index (χ0) is 13.0. The van der Waals surface area contributed by atoms with Crippen molar-refractivity contribution < 1.29 is 9.53 Å². The van der Waals surface area contributed by atoms with Crippen LogP contribution in [0.5, 0.6) is 0 Å². The quantitative estimate of drug-likeness (QED) is 0.786. The maximum Gasteiger partial charge on any atom is 0.341 e. The van der Waals surface area contributed by atoms with Gasteiger partial charge in [0.05, 0.1) is 7.11 Å². The van der Waals surface area contributed by atoms with Crippen molar-refractivity contribution in [2.24, 2.45) is 5.41 Å². The number of carbonyl (C=O) groups is 1. The molecule has 0 aliphatic heterocycles. The molecule has 4 nitrogen and oxygen atoms in total. The minimum atomic E-state index is -0.342. The van der Waals surface area contributed by atoms with E-state index in [9.17, 15) is 4.79 Å². The molecule has 0 spiro atoms. The van der Waals surface area contributed by atoms with Gasteiger partial charge in [-0.1, -0.05) is 13.3 Å². The molecule has 0 radical (unpaired) electrons. The van der Waals surface area contributed by atoms with Gasteiger partial charge in [0.1, 0.15) is 11.4 Å². The van der Waals surface area contributed by atoms with Crippen molar-refractivity contribution in [1.29, 1.82) is 0 Å². The highest BCUT2D eigenvalue weighted by molar-refractivity contribution is 5.94. The van der Waals surface area contributed by atoms with Crippen LogP contribution in [0.1, 0.15) is 43.0 Å². The second-order valence-electron chi connectivity index (χ2n) is 4.99. The number of hydrogen-bond acceptors (Lipinski definition) is 4. The SMILES string of the molecule is CCCC1(CNc2ncccc2C(=O)OC)CC1. The van der Waals surface area contributed by atoms with E-state index in [0.717, 1.165) is 6.54 Å². The molecule has 2 rings (SSSR count). The smallest absolute Gasteiger partial charge is 0.341 e. The van der Waals surface area contributed by atoms with Crippen molar-refractivity contribution >= 4 is 11.8 Å². The molecule has 1 fully saturated rings. The summed E-state index contributed by atoms with van der Waals surface area (Å²) in [6.07, 6.45) is 6.67. The summed E-state index contributed by atoms with van der Waals surface area (Å²) in [5, 5.41) is 3.30. The molecular weight excluding hydrogens is 228 g/mol. The number of pyridine rings is 1. The van der Waals surface area contributed by atoms with Crippen LogP contribution < -0.4 is 5.32 Å². The Morgan fingerprint density at radius 3 is 2.94 bits per heavy atom. The first-order valence-electron chi connectivity index (χ1n) is 6.48. The number of methoxy groups -OCH3 is 1. The van der Waals surface area contributed by atoms with Gasteiger partial charge in [0, 0.05) is 12.7 Å². The molecule has 1 heterocycles. The van der Waals surface area contributed by atoms with Gasteiger partial charge in [0.2, 0.25) is 0 Å². The highest BCUT2D eigenvalue weighted by atomic mass is 16.5. The van der Waals surface area contributed by atoms with Gasteiger partial charge in [-0.2, -0.15) is 0 Å². The summed E-state index contributed by atoms with van der Waals surface area (Å²) < 4.78 is 4.75. The first-order chi connectivity index (χ1) is 8.71. The molecule has 1 saturated carbocycles. The third-order valence-electron chi connectivity index (χ3n) is 3.58. The summed E-state index contributed by atoms with van der Waals surface area (Å²) in [5.74, 6) is 0.290. The Kier molecular flexibility index (Phi) is 3.84. The number of aromatic nitrogens is 1. The summed E-state index contributed by atoms with van der Waals surface area (Å²) in [4.78, 5) is 15.8. The van der Waals surface area contributed by atoms with Crippen LogP contribution in [0, 0.1) is 5.41 Å². The summed E-state index contributed by atoms with van der Waals surface area (Å²) in [5.41, 5.74) is 0.937. The number of rotatable bonds is 6. The molecular formula is C14H20N2O2. The zero-order valence-electron chi connectivity index (χ0n) is 11.0. The van der Waals surface area contributed by atoms with Crippen LogP contribution in [-0.4, -0.2) is 24.6 Å². The largest absolute Gasteiger partial charge is 0.465 e. The van der Waals surface area contributed by atoms with Crippen LogP contribution in [0.15, 0.2) is 18.3 Å². The predicted octanol–water partition coefficient (Wildman–Crippen LogP) is 2.86. The molecule has 0 atom stereocenters. The second kappa shape index (κ2) is 5.38. The lowest BCUT2D eigenvalue weighted by Gasteiger charge is -2.16. The second-order valence-corrected chi connectivity index (χ2v) is 4.99. The number of nitrogens with zero attached hydrogens (tertiary/aromatic N) is 1. The first kappa shape index (κ1) is 12.9. The fraction of sp³-hybridized carbons (Fsp3) is 0.571. The van der Waals surface area contributed by atoms with E-state index in [1.54, 1.807) is 18.3 Å². The third kappa shape index (κ3) is 2.81. The van der Waals surface area contributed by atoms with Gasteiger partial charge in [-0.15, -0.1) is 0 Å². The van der Waals surface area contributed by atoms with Crippen molar-refractivity contribution in [2.75, 3.05) is 19.0 Å². The Labute approximate surface area is 108 Å². The molecule has 4 heteroatoms. The Morgan fingerprint density at radius 2 is 2.33 bits per heavy atom. The molecule has 1 N–H and O–H groups in total. The topological polar surface area (TPSA) is 51.2 Å². The van der Waals surface area contributed by atoms with Crippen molar-refractivity contribution in [3.05, 3.63) is 23.9 Å². The van der Waals surface area contributed by atoms with Crippen LogP contribution in [-0.2, 0) is 4.74 Å². The Bertz CT molecular complexity index is 428. The van der Waals surface area contributed by atoms with E-state index in [-0.39, 0.29) is 5.97 Å². The van der Waals surface area contributed by atoms with Crippen molar-refractivity contribution in [3.8, 4) is 0 Å². The molecule has 1 aliphatic rings. The maximum atomic E-state index is 11.6. The highest BCUT2D eigenvalue weighted by Gasteiger charge is 2.41. The lowest BCUT2D eigenvalue weighted by Crippen LogP contribution is -2.18. The van der Waals surface area contributed by atoms with Gasteiger partial charge in [-0.25, -0.2) is 9.78 Å². The molecule has 1 aliphatic carbocycles. The summed E-state index contributed by atoms with van der Waals surface area (Å²) >= 11 is 0. The Morgan fingerprint density at radius 1 is 1.56 bits per heavy atom. The standard InChI is InChI=1S/C14H20N2O2/c1-3-6-14(7-8-14)10-16-12-11(13(17)18-2)5-4-9-15-12/h4-5,9H,3,6-8,10H2,1-2H3,(H,15,16). The van der Waals surface area contributed by atoms with Crippen molar-refractivity contribution in [2.45, 2.75) is 32.6 Å². The summed E-state index contributed by atoms with van der Waals surface area (Å²) in [7, 11) is 1.39. The number of carbonyl (C=O) groups excluding carboxylic acids is 1. The number of ether oxygens (including phenoxy) is 1. The zero-order valence-corrected chi connectivity index (χ0v) is 11.0. The monoisotopic (exact) mass is 248 g/mol. The average molecular weight is 248 g/mol. The fourth-order valence-electron chi connectivity index (χ4n) is 2.31. The molecule has 0 amide bonds. The van der Waals surface area contributed by atoms with E-state index >= 15 is 0 Å². The van der Waals surface area contributed by atoms with Crippen LogP contribution in [0.25, 0.3) is 0 Å². The summed E-state index contributed by atoms with van der Waals surface area (Å²) in [6, 6.07) is 3.48. The number of esters is 1. The number of anilines is 1. The maximum absolute atomic E-state index is 11.6. The van der Waals surface area contributed by atoms with Crippen LogP contribution in [0.4, 0.5) is 5.82 Å². The molecule has 1 aromatic rings. The molecule has 98 valence electrons. The molecule has 0 aromatic carbocycles. The number of nitrogens with one attached hydrogen (secondary N) is 1. The first-order valence-corrected chi connectivity index (χ1v) is 6.48. The van der Waals surface area contributed by atoms with E-state index in [1.807, 2.05) is 0 Å². The van der Waals surface area contributed by atoms with Crippen molar-refractivity contribution in [3.63, 3.8) is 0 Å². The molecule has 18 heavy (non-hydrogen) atoms.